The molecule has 0 spiro atoms. The fourth-order valence-electron chi connectivity index (χ4n) is 3.18. The van der Waals surface area contributed by atoms with Crippen molar-refractivity contribution in [3.8, 4) is 0 Å². The average molecular weight is 293 g/mol. The minimum Gasteiger partial charge on any atom is -0.468 e. The number of carbonyl (C=O) groups is 3. The molecule has 2 aliphatic rings. The maximum Gasteiger partial charge on any atom is 0.336 e. The quantitative estimate of drug-likeness (QED) is 0.608. The minimum atomic E-state index is -1.30. The van der Waals surface area contributed by atoms with Crippen molar-refractivity contribution in [3.63, 3.8) is 0 Å². The molecule has 0 unspecified atom stereocenters. The lowest BCUT2D eigenvalue weighted by Gasteiger charge is -2.44. The number of rotatable bonds is 2. The van der Waals surface area contributed by atoms with Crippen molar-refractivity contribution in [3.05, 3.63) is 22.9 Å². The highest BCUT2D eigenvalue weighted by Crippen LogP contribution is 2.51. The van der Waals surface area contributed by atoms with Crippen molar-refractivity contribution in [2.45, 2.75) is 26.7 Å². The first-order chi connectivity index (χ1) is 9.88. The van der Waals surface area contributed by atoms with Gasteiger partial charge in [-0.05, 0) is 26.7 Å². The van der Waals surface area contributed by atoms with Crippen LogP contribution in [0, 0.1) is 11.3 Å². The van der Waals surface area contributed by atoms with Crippen LogP contribution in [0.5, 0.6) is 0 Å². The van der Waals surface area contributed by atoms with Crippen molar-refractivity contribution < 1.29 is 23.9 Å². The van der Waals surface area contributed by atoms with Crippen LogP contribution in [0.25, 0.3) is 0 Å². The summed E-state index contributed by atoms with van der Waals surface area (Å²) in [4.78, 5) is 36.8. The smallest absolute Gasteiger partial charge is 0.336 e. The van der Waals surface area contributed by atoms with E-state index in [1.807, 2.05) is 13.8 Å². The second-order valence-corrected chi connectivity index (χ2v) is 5.52. The monoisotopic (exact) mass is 293 g/mol. The number of carbonyl (C=O) groups excluding carboxylic acids is 3. The minimum absolute atomic E-state index is 0.147. The number of methoxy groups -OCH3 is 2. The summed E-state index contributed by atoms with van der Waals surface area (Å²) in [6, 6.07) is 0. The molecule has 0 aromatic carbocycles. The van der Waals surface area contributed by atoms with Gasteiger partial charge in [0.05, 0.1) is 25.7 Å². The van der Waals surface area contributed by atoms with Gasteiger partial charge in [-0.15, -0.1) is 0 Å². The van der Waals surface area contributed by atoms with Crippen LogP contribution < -0.4 is 5.32 Å². The van der Waals surface area contributed by atoms with Gasteiger partial charge in [0.15, 0.2) is 0 Å². The van der Waals surface area contributed by atoms with E-state index in [9.17, 15) is 14.4 Å². The van der Waals surface area contributed by atoms with Crippen LogP contribution in [-0.4, -0.2) is 32.1 Å². The zero-order valence-electron chi connectivity index (χ0n) is 12.6. The van der Waals surface area contributed by atoms with E-state index in [0.717, 1.165) is 11.1 Å². The summed E-state index contributed by atoms with van der Waals surface area (Å²) >= 11 is 0. The fourth-order valence-corrected chi connectivity index (χ4v) is 3.18. The van der Waals surface area contributed by atoms with Crippen LogP contribution in [-0.2, 0) is 23.9 Å². The molecule has 0 saturated heterocycles. The van der Waals surface area contributed by atoms with Gasteiger partial charge in [0.25, 0.3) is 0 Å². The molecular formula is C15H19NO5. The molecule has 0 fully saturated rings. The summed E-state index contributed by atoms with van der Waals surface area (Å²) in [5.41, 5.74) is 0.892. The van der Waals surface area contributed by atoms with Crippen LogP contribution >= 0.6 is 0 Å². The third kappa shape index (κ3) is 2.14. The molecule has 0 saturated carbocycles. The SMILES string of the molecule is COC(=O)C1=CNC(=O)[C@H]2CC(C)=C(C)C[C@@]12C(=O)OC. The molecule has 0 bridgehead atoms. The zero-order chi connectivity index (χ0) is 15.8. The lowest BCUT2D eigenvalue weighted by molar-refractivity contribution is -0.161. The van der Waals surface area contributed by atoms with E-state index in [1.54, 1.807) is 0 Å². The lowest BCUT2D eigenvalue weighted by Crippen LogP contribution is -2.54. The summed E-state index contributed by atoms with van der Waals surface area (Å²) < 4.78 is 9.69. The van der Waals surface area contributed by atoms with Gasteiger partial charge in [0.1, 0.15) is 5.41 Å². The number of nitrogens with one attached hydrogen (secondary N) is 1. The normalized spacial score (nSPS) is 28.3. The lowest BCUT2D eigenvalue weighted by atomic mass is 9.59. The Morgan fingerprint density at radius 2 is 1.90 bits per heavy atom. The third-order valence-electron chi connectivity index (χ3n) is 4.49. The third-order valence-corrected chi connectivity index (χ3v) is 4.49. The Hall–Kier alpha value is -2.11. The Balaban J connectivity index is 2.66. The van der Waals surface area contributed by atoms with E-state index >= 15 is 0 Å². The number of hydrogen-bond acceptors (Lipinski definition) is 5. The molecule has 0 aromatic heterocycles. The molecule has 2 atom stereocenters. The van der Waals surface area contributed by atoms with Gasteiger partial charge in [-0.2, -0.15) is 0 Å². The second kappa shape index (κ2) is 5.35. The predicted octanol–water partition coefficient (Wildman–Crippen LogP) is 1.08. The fraction of sp³-hybridized carbons (Fsp3) is 0.533. The molecule has 2 rings (SSSR count). The number of fused-ring (bicyclic) bond motifs is 1. The van der Waals surface area contributed by atoms with E-state index in [-0.39, 0.29) is 17.9 Å². The molecule has 114 valence electrons. The zero-order valence-corrected chi connectivity index (χ0v) is 12.6. The molecule has 1 aliphatic carbocycles. The van der Waals surface area contributed by atoms with Crippen molar-refractivity contribution in [2.75, 3.05) is 14.2 Å². The highest BCUT2D eigenvalue weighted by molar-refractivity contribution is 6.04. The average Bonchev–Trinajstić information content (AvgIpc) is 2.48. The molecule has 1 N–H and O–H groups in total. The van der Waals surface area contributed by atoms with Crippen molar-refractivity contribution in [2.24, 2.45) is 11.3 Å². The van der Waals surface area contributed by atoms with Crippen LogP contribution in [0.15, 0.2) is 22.9 Å². The van der Waals surface area contributed by atoms with Gasteiger partial charge >= 0.3 is 11.9 Å². The summed E-state index contributed by atoms with van der Waals surface area (Å²) in [5, 5.41) is 2.55. The number of allylic oxidation sites excluding steroid dienone is 2. The molecule has 6 nitrogen and oxygen atoms in total. The van der Waals surface area contributed by atoms with Crippen LogP contribution in [0.1, 0.15) is 26.7 Å². The van der Waals surface area contributed by atoms with Gasteiger partial charge in [0.2, 0.25) is 5.91 Å². The Labute approximate surface area is 123 Å². The van der Waals surface area contributed by atoms with E-state index < -0.39 is 23.3 Å². The molecular weight excluding hydrogens is 274 g/mol. The molecule has 1 aliphatic heterocycles. The van der Waals surface area contributed by atoms with Gasteiger partial charge < -0.3 is 14.8 Å². The van der Waals surface area contributed by atoms with Crippen molar-refractivity contribution in [1.29, 1.82) is 0 Å². The van der Waals surface area contributed by atoms with Crippen molar-refractivity contribution in [1.82, 2.24) is 5.32 Å². The van der Waals surface area contributed by atoms with Gasteiger partial charge in [-0.25, -0.2) is 4.79 Å². The molecule has 0 radical (unpaired) electrons. The standard InChI is InChI=1S/C15H19NO5/c1-8-5-10-12(17)16-7-11(13(18)20-3)15(10,6-9(8)2)14(19)21-4/h7,10H,5-6H2,1-4H3,(H,16,17)/t10-,15+/m1/s1. The Morgan fingerprint density at radius 3 is 2.48 bits per heavy atom. The van der Waals surface area contributed by atoms with E-state index in [0.29, 0.717) is 6.42 Å². The highest BCUT2D eigenvalue weighted by atomic mass is 16.5. The number of amides is 1. The molecule has 1 amide bonds. The molecule has 0 aromatic rings. The highest BCUT2D eigenvalue weighted by Gasteiger charge is 2.58. The van der Waals surface area contributed by atoms with Gasteiger partial charge in [-0.1, -0.05) is 11.1 Å². The summed E-state index contributed by atoms with van der Waals surface area (Å²) in [7, 11) is 2.51. The first kappa shape index (κ1) is 15.3. The summed E-state index contributed by atoms with van der Waals surface area (Å²) in [6.45, 7) is 3.83. The van der Waals surface area contributed by atoms with E-state index in [1.165, 1.54) is 20.4 Å². The van der Waals surface area contributed by atoms with E-state index in [2.05, 4.69) is 5.32 Å². The van der Waals surface area contributed by atoms with Gasteiger partial charge in [0, 0.05) is 6.20 Å². The van der Waals surface area contributed by atoms with Crippen LogP contribution in [0.2, 0.25) is 0 Å². The van der Waals surface area contributed by atoms with E-state index in [4.69, 9.17) is 9.47 Å². The Kier molecular flexibility index (Phi) is 3.89. The molecule has 1 heterocycles. The van der Waals surface area contributed by atoms with Gasteiger partial charge in [-0.3, -0.25) is 9.59 Å². The number of hydrogen-bond donors (Lipinski definition) is 1. The first-order valence-electron chi connectivity index (χ1n) is 6.71. The van der Waals surface area contributed by atoms with Crippen molar-refractivity contribution >= 4 is 17.8 Å². The largest absolute Gasteiger partial charge is 0.468 e. The van der Waals surface area contributed by atoms with Crippen LogP contribution in [0.4, 0.5) is 0 Å². The molecule has 6 heteroatoms. The summed E-state index contributed by atoms with van der Waals surface area (Å²) in [6.07, 6.45) is 1.97. The number of esters is 2. The first-order valence-corrected chi connectivity index (χ1v) is 6.71. The molecule has 21 heavy (non-hydrogen) atoms. The predicted molar refractivity (Wildman–Crippen MR) is 73.8 cm³/mol. The number of ether oxygens (including phenoxy) is 2. The maximum atomic E-state index is 12.5. The van der Waals surface area contributed by atoms with Crippen LogP contribution in [0.3, 0.4) is 0 Å². The Bertz CT molecular complexity index is 575. The second-order valence-electron chi connectivity index (χ2n) is 5.52. The maximum absolute atomic E-state index is 12.5. The topological polar surface area (TPSA) is 81.7 Å². The summed E-state index contributed by atoms with van der Waals surface area (Å²) in [5.74, 6) is -2.14. The Morgan fingerprint density at radius 1 is 1.24 bits per heavy atom.